The zero-order valence-corrected chi connectivity index (χ0v) is 21.1. The van der Waals surface area contributed by atoms with Crippen molar-refractivity contribution in [1.82, 2.24) is 9.97 Å². The molecule has 0 atom stereocenters. The fourth-order valence-electron chi connectivity index (χ4n) is 2.58. The molecule has 1 heterocycles. The second kappa shape index (κ2) is 9.35. The predicted octanol–water partition coefficient (Wildman–Crippen LogP) is 6.72. The van der Waals surface area contributed by atoms with Crippen LogP contribution in [0.4, 0.5) is 15.9 Å². The van der Waals surface area contributed by atoms with Crippen LogP contribution >= 0.6 is 23.2 Å². The van der Waals surface area contributed by atoms with Crippen LogP contribution in [0.2, 0.25) is 10.0 Å². The molecule has 180 valence electrons. The minimum absolute atomic E-state index is 0.00233. The average molecular weight is 508 g/mol. The number of aromatic nitrogens is 2. The molecule has 2 aromatic carbocycles. The van der Waals surface area contributed by atoms with Gasteiger partial charge in [-0.3, -0.25) is 9.59 Å². The summed E-state index contributed by atoms with van der Waals surface area (Å²) in [6.07, 6.45) is 1.26. The first-order valence-electron chi connectivity index (χ1n) is 10.3. The van der Waals surface area contributed by atoms with Crippen LogP contribution in [0.3, 0.4) is 0 Å². The predicted molar refractivity (Wildman–Crippen MR) is 129 cm³/mol. The summed E-state index contributed by atoms with van der Waals surface area (Å²) in [5.74, 6) is -1.58. The maximum Gasteiger partial charge on any atom is 0.316 e. The van der Waals surface area contributed by atoms with E-state index < -0.39 is 28.6 Å². The van der Waals surface area contributed by atoms with E-state index in [2.05, 4.69) is 15.3 Å². The molecule has 0 spiro atoms. The fraction of sp³-hybridized carbons (Fsp3) is 0.333. The molecule has 0 aliphatic rings. The maximum atomic E-state index is 14.6. The van der Waals surface area contributed by atoms with Gasteiger partial charge in [0, 0.05) is 11.5 Å². The van der Waals surface area contributed by atoms with Crippen LogP contribution in [-0.2, 0) is 9.59 Å². The average Bonchev–Trinajstić information content (AvgIpc) is 2.73. The number of esters is 2. The van der Waals surface area contributed by atoms with Gasteiger partial charge in [0.05, 0.1) is 32.1 Å². The van der Waals surface area contributed by atoms with Gasteiger partial charge in [0.1, 0.15) is 12.1 Å². The molecule has 0 amide bonds. The summed E-state index contributed by atoms with van der Waals surface area (Å²) in [6, 6.07) is 5.78. The van der Waals surface area contributed by atoms with Crippen molar-refractivity contribution in [3.63, 3.8) is 0 Å². The number of fused-ring (bicyclic) bond motifs is 1. The van der Waals surface area contributed by atoms with Crippen molar-refractivity contribution >= 4 is 57.5 Å². The van der Waals surface area contributed by atoms with Crippen molar-refractivity contribution in [3.05, 3.63) is 46.5 Å². The summed E-state index contributed by atoms with van der Waals surface area (Å²) in [7, 11) is 0. The van der Waals surface area contributed by atoms with E-state index >= 15 is 0 Å². The number of carbonyl (C=O) groups excluding carboxylic acids is 2. The Morgan fingerprint density at radius 1 is 0.912 bits per heavy atom. The smallest absolute Gasteiger partial charge is 0.316 e. The first-order chi connectivity index (χ1) is 15.7. The Kier molecular flexibility index (Phi) is 7.05. The van der Waals surface area contributed by atoms with Crippen LogP contribution in [0.1, 0.15) is 41.5 Å². The van der Waals surface area contributed by atoms with Gasteiger partial charge >= 0.3 is 11.9 Å². The molecule has 0 aliphatic heterocycles. The molecule has 1 N–H and O–H groups in total. The molecule has 3 aromatic rings. The zero-order chi connectivity index (χ0) is 25.4. The quantitative estimate of drug-likeness (QED) is 0.238. The Hall–Kier alpha value is -2.97. The first-order valence-corrected chi connectivity index (χ1v) is 11.1. The summed E-state index contributed by atoms with van der Waals surface area (Å²) < 4.78 is 25.7. The molecule has 3 rings (SSSR count). The molecular formula is C24H24Cl2FN3O4. The fourth-order valence-corrected chi connectivity index (χ4v) is 2.89. The van der Waals surface area contributed by atoms with E-state index in [0.29, 0.717) is 10.9 Å². The minimum Gasteiger partial charge on any atom is -0.422 e. The van der Waals surface area contributed by atoms with Crippen molar-refractivity contribution in [2.75, 3.05) is 5.32 Å². The zero-order valence-electron chi connectivity index (χ0n) is 19.5. The molecule has 1 aromatic heterocycles. The summed E-state index contributed by atoms with van der Waals surface area (Å²) in [6.45, 7) is 10.2. The highest BCUT2D eigenvalue weighted by molar-refractivity contribution is 6.42. The normalized spacial score (nSPS) is 11.9. The Morgan fingerprint density at radius 2 is 1.47 bits per heavy atom. The van der Waals surface area contributed by atoms with E-state index in [9.17, 15) is 14.0 Å². The minimum atomic E-state index is -0.822. The molecule has 0 radical (unpaired) electrons. The summed E-state index contributed by atoms with van der Waals surface area (Å²) in [4.78, 5) is 33.5. The number of hydrogen-bond donors (Lipinski definition) is 1. The number of rotatable bonds is 4. The SMILES string of the molecule is CC(C)(C)C(=O)Oc1cc2ncnc(Nc3ccc(Cl)c(Cl)c3F)c2cc1OC(=O)C(C)(C)C. The third-order valence-corrected chi connectivity index (χ3v) is 5.40. The third kappa shape index (κ3) is 5.56. The Morgan fingerprint density at radius 3 is 2.03 bits per heavy atom. The van der Waals surface area contributed by atoms with Crippen molar-refractivity contribution in [2.24, 2.45) is 10.8 Å². The summed E-state index contributed by atoms with van der Waals surface area (Å²) in [5.41, 5.74) is -1.22. The Bertz CT molecular complexity index is 1280. The van der Waals surface area contributed by atoms with Gasteiger partial charge in [-0.2, -0.15) is 0 Å². The van der Waals surface area contributed by atoms with Crippen molar-refractivity contribution < 1.29 is 23.5 Å². The Labute approximate surface area is 206 Å². The molecular weight excluding hydrogens is 484 g/mol. The van der Waals surface area contributed by atoms with Crippen molar-refractivity contribution in [2.45, 2.75) is 41.5 Å². The number of anilines is 2. The van der Waals surface area contributed by atoms with Gasteiger partial charge in [-0.1, -0.05) is 23.2 Å². The van der Waals surface area contributed by atoms with Gasteiger partial charge in [0.25, 0.3) is 0 Å². The van der Waals surface area contributed by atoms with E-state index in [1.165, 1.54) is 30.6 Å². The summed E-state index contributed by atoms with van der Waals surface area (Å²) >= 11 is 11.8. The molecule has 0 saturated carbocycles. The number of benzene rings is 2. The van der Waals surface area contributed by atoms with E-state index in [1.807, 2.05) is 0 Å². The van der Waals surface area contributed by atoms with Crippen LogP contribution in [0.5, 0.6) is 11.5 Å². The number of carbonyl (C=O) groups is 2. The second-order valence-corrected chi connectivity index (χ2v) is 10.5. The molecule has 0 saturated heterocycles. The van der Waals surface area contributed by atoms with Gasteiger partial charge in [0.2, 0.25) is 0 Å². The molecule has 0 bridgehead atoms. The standard InChI is InChI=1S/C24H24Cl2FN3O4/c1-23(2,3)21(31)33-16-9-12-15(10-17(16)34-22(32)24(4,5)6)28-11-29-20(12)30-14-8-7-13(25)18(26)19(14)27/h7-11H,1-6H3,(H,28,29,30). The largest absolute Gasteiger partial charge is 0.422 e. The van der Waals surface area contributed by atoms with Gasteiger partial charge in [-0.25, -0.2) is 14.4 Å². The number of hydrogen-bond acceptors (Lipinski definition) is 7. The van der Waals surface area contributed by atoms with Crippen LogP contribution < -0.4 is 14.8 Å². The monoisotopic (exact) mass is 507 g/mol. The molecule has 0 aliphatic carbocycles. The second-order valence-electron chi connectivity index (χ2n) is 9.67. The third-order valence-electron chi connectivity index (χ3n) is 4.62. The lowest BCUT2D eigenvalue weighted by atomic mass is 9.97. The molecule has 10 heteroatoms. The van der Waals surface area contributed by atoms with Crippen molar-refractivity contribution in [1.29, 1.82) is 0 Å². The highest BCUT2D eigenvalue weighted by Gasteiger charge is 2.29. The highest BCUT2D eigenvalue weighted by atomic mass is 35.5. The first kappa shape index (κ1) is 25.6. The number of ether oxygens (including phenoxy) is 2. The lowest BCUT2D eigenvalue weighted by Gasteiger charge is -2.21. The topological polar surface area (TPSA) is 90.4 Å². The highest BCUT2D eigenvalue weighted by Crippen LogP contribution is 2.38. The molecule has 0 fully saturated rings. The van der Waals surface area contributed by atoms with E-state index in [0.717, 1.165) is 0 Å². The van der Waals surface area contributed by atoms with Gasteiger partial charge in [-0.05, 0) is 59.7 Å². The summed E-state index contributed by atoms with van der Waals surface area (Å²) in [5, 5.41) is 3.08. The van der Waals surface area contributed by atoms with Crippen LogP contribution in [0, 0.1) is 16.6 Å². The number of halogens is 3. The van der Waals surface area contributed by atoms with Crippen LogP contribution in [0.25, 0.3) is 10.9 Å². The molecule has 0 unspecified atom stereocenters. The number of nitrogens with zero attached hydrogens (tertiary/aromatic N) is 2. The van der Waals surface area contributed by atoms with Gasteiger partial charge in [0.15, 0.2) is 17.3 Å². The van der Waals surface area contributed by atoms with Gasteiger partial charge in [-0.15, -0.1) is 0 Å². The van der Waals surface area contributed by atoms with Gasteiger partial charge < -0.3 is 14.8 Å². The van der Waals surface area contributed by atoms with E-state index in [1.54, 1.807) is 41.5 Å². The molecule has 7 nitrogen and oxygen atoms in total. The lowest BCUT2D eigenvalue weighted by Crippen LogP contribution is -2.28. The van der Waals surface area contributed by atoms with E-state index in [4.69, 9.17) is 32.7 Å². The Balaban J connectivity index is 2.13. The van der Waals surface area contributed by atoms with E-state index in [-0.39, 0.29) is 33.0 Å². The maximum absolute atomic E-state index is 14.6. The van der Waals surface area contributed by atoms with Crippen molar-refractivity contribution in [3.8, 4) is 11.5 Å². The van der Waals surface area contributed by atoms with Crippen LogP contribution in [0.15, 0.2) is 30.6 Å². The molecule has 34 heavy (non-hydrogen) atoms. The van der Waals surface area contributed by atoms with Crippen LogP contribution in [-0.4, -0.2) is 21.9 Å². The lowest BCUT2D eigenvalue weighted by molar-refractivity contribution is -0.145. The number of nitrogens with one attached hydrogen (secondary N) is 1.